The minimum absolute atomic E-state index is 0.0768. The molecule has 2 unspecified atom stereocenters. The molecule has 0 aromatic heterocycles. The third-order valence-electron chi connectivity index (χ3n) is 3.00. The minimum atomic E-state index is -0.335. The lowest BCUT2D eigenvalue weighted by Gasteiger charge is -2.16. The first-order valence-corrected chi connectivity index (χ1v) is 5.17. The molecule has 0 saturated carbocycles. The number of benzene rings is 1. The van der Waals surface area contributed by atoms with Crippen molar-refractivity contribution in [2.75, 3.05) is 0 Å². The van der Waals surface area contributed by atoms with Gasteiger partial charge in [0, 0.05) is 6.42 Å². The number of hydrogen-bond acceptors (Lipinski definition) is 2. The number of amides is 2. The molecular weight excluding hydrogens is 209 g/mol. The minimum Gasteiger partial charge on any atom is -0.296 e. The average molecular weight is 221 g/mol. The molecule has 0 radical (unpaired) electrons. The van der Waals surface area contributed by atoms with E-state index in [1.54, 1.807) is 12.1 Å². The molecule has 2 rings (SSSR count). The lowest BCUT2D eigenvalue weighted by Crippen LogP contribution is -2.24. The molecule has 0 spiro atoms. The highest BCUT2D eigenvalue weighted by molar-refractivity contribution is 6.03. The summed E-state index contributed by atoms with van der Waals surface area (Å²) in [7, 11) is 0. The van der Waals surface area contributed by atoms with Crippen LogP contribution in [0.4, 0.5) is 4.39 Å². The van der Waals surface area contributed by atoms with Gasteiger partial charge in [-0.05, 0) is 23.6 Å². The topological polar surface area (TPSA) is 46.2 Å². The third-order valence-corrected chi connectivity index (χ3v) is 3.00. The van der Waals surface area contributed by atoms with Crippen LogP contribution in [-0.4, -0.2) is 11.8 Å². The van der Waals surface area contributed by atoms with E-state index in [2.05, 4.69) is 5.32 Å². The highest BCUT2D eigenvalue weighted by atomic mass is 19.1. The van der Waals surface area contributed by atoms with Crippen molar-refractivity contribution in [2.45, 2.75) is 19.3 Å². The number of carbonyl (C=O) groups is 2. The molecule has 1 aromatic carbocycles. The average Bonchev–Trinajstić information content (AvgIpc) is 2.58. The van der Waals surface area contributed by atoms with Gasteiger partial charge >= 0.3 is 0 Å². The molecule has 16 heavy (non-hydrogen) atoms. The van der Waals surface area contributed by atoms with Crippen LogP contribution in [0.25, 0.3) is 0 Å². The lowest BCUT2D eigenvalue weighted by molar-refractivity contribution is -0.126. The summed E-state index contributed by atoms with van der Waals surface area (Å²) in [5.41, 5.74) is 0.872. The van der Waals surface area contributed by atoms with Crippen molar-refractivity contribution in [3.63, 3.8) is 0 Å². The Morgan fingerprint density at radius 2 is 1.94 bits per heavy atom. The van der Waals surface area contributed by atoms with E-state index in [1.807, 2.05) is 6.92 Å². The van der Waals surface area contributed by atoms with E-state index in [1.165, 1.54) is 12.1 Å². The van der Waals surface area contributed by atoms with Crippen LogP contribution in [0.3, 0.4) is 0 Å². The second kappa shape index (κ2) is 4.04. The largest absolute Gasteiger partial charge is 0.296 e. The summed E-state index contributed by atoms with van der Waals surface area (Å²) in [6.07, 6.45) is 0.220. The van der Waals surface area contributed by atoms with Crippen LogP contribution in [0, 0.1) is 11.7 Å². The Morgan fingerprint density at radius 1 is 1.31 bits per heavy atom. The lowest BCUT2D eigenvalue weighted by atomic mass is 9.86. The maximum Gasteiger partial charge on any atom is 0.230 e. The monoisotopic (exact) mass is 221 g/mol. The second-order valence-corrected chi connectivity index (χ2v) is 4.06. The van der Waals surface area contributed by atoms with Gasteiger partial charge < -0.3 is 0 Å². The Labute approximate surface area is 92.7 Å². The molecule has 1 heterocycles. The number of rotatable bonds is 2. The van der Waals surface area contributed by atoms with E-state index >= 15 is 0 Å². The van der Waals surface area contributed by atoms with Gasteiger partial charge in [-0.15, -0.1) is 0 Å². The van der Waals surface area contributed by atoms with Crippen molar-refractivity contribution in [3.8, 4) is 0 Å². The molecule has 4 heteroatoms. The Balaban J connectivity index is 2.19. The number of carbonyl (C=O) groups excluding carboxylic acids is 2. The fraction of sp³-hybridized carbons (Fsp3) is 0.333. The molecule has 0 aliphatic carbocycles. The summed E-state index contributed by atoms with van der Waals surface area (Å²) >= 11 is 0. The summed E-state index contributed by atoms with van der Waals surface area (Å²) in [5, 5.41) is 2.28. The van der Waals surface area contributed by atoms with Crippen LogP contribution in [0.1, 0.15) is 24.8 Å². The first kappa shape index (κ1) is 10.8. The van der Waals surface area contributed by atoms with Crippen LogP contribution in [0.5, 0.6) is 0 Å². The van der Waals surface area contributed by atoms with E-state index < -0.39 is 0 Å². The SMILES string of the molecule is CC(c1ccc(F)cc1)C1CC(=O)NC1=O. The highest BCUT2D eigenvalue weighted by Crippen LogP contribution is 2.29. The van der Waals surface area contributed by atoms with E-state index in [0.717, 1.165) is 5.56 Å². The van der Waals surface area contributed by atoms with Gasteiger partial charge in [-0.3, -0.25) is 14.9 Å². The summed E-state index contributed by atoms with van der Waals surface area (Å²) < 4.78 is 12.7. The van der Waals surface area contributed by atoms with E-state index in [-0.39, 0.29) is 35.9 Å². The van der Waals surface area contributed by atoms with Crippen LogP contribution in [-0.2, 0) is 9.59 Å². The van der Waals surface area contributed by atoms with E-state index in [4.69, 9.17) is 0 Å². The molecule has 1 N–H and O–H groups in total. The molecule has 84 valence electrons. The fourth-order valence-electron chi connectivity index (χ4n) is 1.98. The van der Waals surface area contributed by atoms with Gasteiger partial charge in [-0.1, -0.05) is 19.1 Å². The number of imide groups is 1. The zero-order valence-electron chi connectivity index (χ0n) is 8.87. The summed E-state index contributed by atoms with van der Waals surface area (Å²) in [4.78, 5) is 22.5. The first-order valence-electron chi connectivity index (χ1n) is 5.17. The second-order valence-electron chi connectivity index (χ2n) is 4.06. The van der Waals surface area contributed by atoms with Gasteiger partial charge in [0.1, 0.15) is 5.82 Å². The molecule has 3 nitrogen and oxygen atoms in total. The summed E-state index contributed by atoms with van der Waals surface area (Å²) in [6, 6.07) is 6.02. The van der Waals surface area contributed by atoms with Crippen molar-refractivity contribution >= 4 is 11.8 Å². The van der Waals surface area contributed by atoms with Gasteiger partial charge in [0.05, 0.1) is 5.92 Å². The summed E-state index contributed by atoms with van der Waals surface area (Å²) in [6.45, 7) is 1.87. The molecule has 1 aliphatic heterocycles. The number of halogens is 1. The maximum atomic E-state index is 12.7. The molecule has 1 fully saturated rings. The van der Waals surface area contributed by atoms with Crippen LogP contribution < -0.4 is 5.32 Å². The van der Waals surface area contributed by atoms with Crippen LogP contribution in [0.15, 0.2) is 24.3 Å². The number of nitrogens with one attached hydrogen (secondary N) is 1. The molecule has 1 saturated heterocycles. The number of hydrogen-bond donors (Lipinski definition) is 1. The first-order chi connectivity index (χ1) is 7.58. The molecule has 2 atom stereocenters. The van der Waals surface area contributed by atoms with Gasteiger partial charge in [0.15, 0.2) is 0 Å². The Kier molecular flexibility index (Phi) is 2.73. The van der Waals surface area contributed by atoms with Crippen LogP contribution >= 0.6 is 0 Å². The molecule has 0 bridgehead atoms. The smallest absolute Gasteiger partial charge is 0.230 e. The molecule has 1 aromatic rings. The zero-order valence-corrected chi connectivity index (χ0v) is 8.87. The van der Waals surface area contributed by atoms with Gasteiger partial charge in [0.2, 0.25) is 11.8 Å². The van der Waals surface area contributed by atoms with Gasteiger partial charge in [-0.25, -0.2) is 4.39 Å². The van der Waals surface area contributed by atoms with Crippen molar-refractivity contribution in [3.05, 3.63) is 35.6 Å². The normalized spacial score (nSPS) is 22.0. The fourth-order valence-corrected chi connectivity index (χ4v) is 1.98. The van der Waals surface area contributed by atoms with Crippen molar-refractivity contribution < 1.29 is 14.0 Å². The van der Waals surface area contributed by atoms with E-state index in [9.17, 15) is 14.0 Å². The Hall–Kier alpha value is -1.71. The van der Waals surface area contributed by atoms with E-state index in [0.29, 0.717) is 0 Å². The standard InChI is InChI=1S/C12H12FNO2/c1-7(8-2-4-9(13)5-3-8)10-6-11(15)14-12(10)16/h2-5,7,10H,6H2,1H3,(H,14,15,16). The molecule has 1 aliphatic rings. The highest BCUT2D eigenvalue weighted by Gasteiger charge is 2.35. The van der Waals surface area contributed by atoms with Crippen molar-refractivity contribution in [1.29, 1.82) is 0 Å². The predicted molar refractivity (Wildman–Crippen MR) is 56.1 cm³/mol. The van der Waals surface area contributed by atoms with Gasteiger partial charge in [-0.2, -0.15) is 0 Å². The summed E-state index contributed by atoms with van der Waals surface area (Å²) in [5.74, 6) is -1.18. The van der Waals surface area contributed by atoms with Crippen molar-refractivity contribution in [1.82, 2.24) is 5.32 Å². The predicted octanol–water partition coefficient (Wildman–Crippen LogP) is 1.59. The Bertz CT molecular complexity index is 427. The molecular formula is C12H12FNO2. The van der Waals surface area contributed by atoms with Crippen molar-refractivity contribution in [2.24, 2.45) is 5.92 Å². The quantitative estimate of drug-likeness (QED) is 0.771. The van der Waals surface area contributed by atoms with Crippen LogP contribution in [0.2, 0.25) is 0 Å². The third kappa shape index (κ3) is 1.96. The maximum absolute atomic E-state index is 12.7. The Morgan fingerprint density at radius 3 is 2.44 bits per heavy atom. The zero-order chi connectivity index (χ0) is 11.7. The van der Waals surface area contributed by atoms with Gasteiger partial charge in [0.25, 0.3) is 0 Å². The molecule has 2 amide bonds.